The number of hydrogen-bond acceptors (Lipinski definition) is 7. The summed E-state index contributed by atoms with van der Waals surface area (Å²) < 4.78 is 17.3. The van der Waals surface area contributed by atoms with Crippen molar-refractivity contribution in [3.63, 3.8) is 0 Å². The summed E-state index contributed by atoms with van der Waals surface area (Å²) in [6, 6.07) is 16.7. The molecule has 0 spiro atoms. The molecule has 0 fully saturated rings. The molecule has 0 saturated heterocycles. The second-order valence-electron chi connectivity index (χ2n) is 5.75. The first kappa shape index (κ1) is 17.0. The zero-order chi connectivity index (χ0) is 18.8. The van der Waals surface area contributed by atoms with E-state index in [2.05, 4.69) is 20.2 Å². The van der Waals surface area contributed by atoms with Crippen molar-refractivity contribution in [2.24, 2.45) is 0 Å². The van der Waals surface area contributed by atoms with Gasteiger partial charge in [0.15, 0.2) is 11.5 Å². The van der Waals surface area contributed by atoms with Gasteiger partial charge in [0.1, 0.15) is 0 Å². The molecule has 7 nitrogen and oxygen atoms in total. The van der Waals surface area contributed by atoms with Gasteiger partial charge < -0.3 is 10.2 Å². The summed E-state index contributed by atoms with van der Waals surface area (Å²) in [6.07, 6.45) is 3.21. The second kappa shape index (κ2) is 7.08. The highest BCUT2D eigenvalue weighted by Gasteiger charge is 2.16. The maximum absolute atomic E-state index is 11.5. The predicted octanol–water partition coefficient (Wildman–Crippen LogP) is 3.67. The number of benzene rings is 2. The Morgan fingerprint density at radius 3 is 2.37 bits per heavy atom. The smallest absolute Gasteiger partial charge is 0.270 e. The topological polar surface area (TPSA) is 108 Å². The molecule has 1 atom stereocenters. The number of aromatic nitrogens is 4. The Bertz CT molecular complexity index is 1120. The van der Waals surface area contributed by atoms with E-state index >= 15 is 0 Å². The van der Waals surface area contributed by atoms with Gasteiger partial charge in [0.25, 0.3) is 5.89 Å². The lowest BCUT2D eigenvalue weighted by molar-refractivity contribution is 0.582. The van der Waals surface area contributed by atoms with Gasteiger partial charge >= 0.3 is 0 Å². The molecular formula is C19H19N5O2S. The third kappa shape index (κ3) is 3.47. The Morgan fingerprint density at radius 2 is 1.67 bits per heavy atom. The fourth-order valence-electron chi connectivity index (χ4n) is 2.53. The van der Waals surface area contributed by atoms with E-state index in [1.165, 1.54) is 0 Å². The summed E-state index contributed by atoms with van der Waals surface area (Å²) in [5, 5.41) is 8.12. The highest BCUT2D eigenvalue weighted by molar-refractivity contribution is 7.84. The molecular weight excluding hydrogens is 362 g/mol. The quantitative estimate of drug-likeness (QED) is 0.574. The molecule has 2 aromatic carbocycles. The highest BCUT2D eigenvalue weighted by Crippen LogP contribution is 2.28. The fraction of sp³-hybridized carbons (Fsp3) is 0.0526. The Morgan fingerprint density at radius 1 is 0.963 bits per heavy atom. The first-order valence-corrected chi connectivity index (χ1v) is 9.63. The predicted molar refractivity (Wildman–Crippen MR) is 107 cm³/mol. The molecule has 4 rings (SSSR count). The van der Waals surface area contributed by atoms with Crippen LogP contribution in [0.3, 0.4) is 0 Å². The second-order valence-corrected chi connectivity index (χ2v) is 7.13. The summed E-state index contributed by atoms with van der Waals surface area (Å²) in [6.45, 7) is 0. The van der Waals surface area contributed by atoms with Gasteiger partial charge in [-0.25, -0.2) is 9.97 Å². The lowest BCUT2D eigenvalue weighted by Gasteiger charge is -2.05. The van der Waals surface area contributed by atoms with Crippen LogP contribution in [0.2, 0.25) is 0 Å². The minimum Gasteiger partial charge on any atom is -0.414 e. The molecule has 0 aliphatic rings. The van der Waals surface area contributed by atoms with Crippen molar-refractivity contribution in [1.29, 1.82) is 0 Å². The number of nitrogens with zero attached hydrogens (tertiary/aromatic N) is 4. The molecule has 0 aliphatic heterocycles. The first-order chi connectivity index (χ1) is 13.1. The average Bonchev–Trinajstić information content (AvgIpc) is 3.19. The largest absolute Gasteiger partial charge is 0.414 e. The van der Waals surface area contributed by atoms with Crippen molar-refractivity contribution in [1.82, 2.24) is 20.2 Å². The number of hydrogen-bond donors (Lipinski definition) is 1. The monoisotopic (exact) mass is 381 g/mol. The van der Waals surface area contributed by atoms with Crippen molar-refractivity contribution in [2.45, 2.75) is 4.90 Å². The molecule has 0 saturated carbocycles. The van der Waals surface area contributed by atoms with Gasteiger partial charge in [-0.05, 0) is 24.3 Å². The minimum absolute atomic E-state index is 0. The molecule has 2 aromatic heterocycles. The van der Waals surface area contributed by atoms with Crippen molar-refractivity contribution in [3.8, 4) is 34.3 Å². The third-order valence-corrected chi connectivity index (χ3v) is 4.87. The van der Waals surface area contributed by atoms with Gasteiger partial charge in [-0.2, -0.15) is 0 Å². The molecule has 27 heavy (non-hydrogen) atoms. The molecule has 0 bridgehead atoms. The van der Waals surface area contributed by atoms with Crippen LogP contribution in [0.1, 0.15) is 2.85 Å². The Labute approximate surface area is 160 Å². The summed E-state index contributed by atoms with van der Waals surface area (Å²) >= 11 is 0. The lowest BCUT2D eigenvalue weighted by Crippen LogP contribution is -1.99. The van der Waals surface area contributed by atoms with Crippen molar-refractivity contribution in [2.75, 3.05) is 12.0 Å². The molecule has 138 valence electrons. The van der Waals surface area contributed by atoms with E-state index < -0.39 is 10.8 Å². The highest BCUT2D eigenvalue weighted by atomic mass is 32.2. The third-order valence-electron chi connectivity index (χ3n) is 3.93. The standard InChI is InChI=1S/C19H15N5O2S.2H2/c1-27(25)14-9-7-12(8-10-14)15-11-21-17(20)16(22-15)19-24-23-18(26-19)13-5-3-2-4-6-13;;/h2-11H,1H3,(H2,20,21);2*1H. The number of rotatable bonds is 4. The molecule has 0 radical (unpaired) electrons. The maximum atomic E-state index is 11.5. The van der Waals surface area contributed by atoms with Crippen LogP contribution in [-0.4, -0.2) is 30.6 Å². The maximum Gasteiger partial charge on any atom is 0.270 e. The van der Waals surface area contributed by atoms with Crippen molar-refractivity contribution in [3.05, 3.63) is 60.8 Å². The zero-order valence-corrected chi connectivity index (χ0v) is 15.2. The summed E-state index contributed by atoms with van der Waals surface area (Å²) in [5.41, 5.74) is 8.53. The van der Waals surface area contributed by atoms with Crippen molar-refractivity contribution < 1.29 is 11.5 Å². The van der Waals surface area contributed by atoms with Gasteiger partial charge in [-0.3, -0.25) is 4.21 Å². The van der Waals surface area contributed by atoms with Crippen LogP contribution in [0.5, 0.6) is 0 Å². The Kier molecular flexibility index (Phi) is 4.47. The molecule has 4 aromatic rings. The van der Waals surface area contributed by atoms with E-state index in [1.807, 2.05) is 42.5 Å². The van der Waals surface area contributed by atoms with E-state index in [9.17, 15) is 4.21 Å². The average molecular weight is 381 g/mol. The summed E-state index contributed by atoms with van der Waals surface area (Å²) in [4.78, 5) is 9.48. The molecule has 0 amide bonds. The van der Waals surface area contributed by atoms with E-state index in [0.717, 1.165) is 16.0 Å². The van der Waals surface area contributed by atoms with E-state index in [0.29, 0.717) is 17.3 Å². The van der Waals surface area contributed by atoms with Gasteiger partial charge in [-0.1, -0.05) is 30.3 Å². The van der Waals surface area contributed by atoms with E-state index in [1.54, 1.807) is 24.6 Å². The molecule has 2 N–H and O–H groups in total. The van der Waals surface area contributed by atoms with Crippen LogP contribution in [0, 0.1) is 0 Å². The van der Waals surface area contributed by atoms with Crippen LogP contribution >= 0.6 is 0 Å². The van der Waals surface area contributed by atoms with Gasteiger partial charge in [0, 0.05) is 35.9 Å². The minimum atomic E-state index is -1.04. The summed E-state index contributed by atoms with van der Waals surface area (Å²) in [7, 11) is -1.04. The van der Waals surface area contributed by atoms with Gasteiger partial charge in [0.05, 0.1) is 11.9 Å². The van der Waals surface area contributed by atoms with Gasteiger partial charge in [-0.15, -0.1) is 10.2 Å². The molecule has 8 heteroatoms. The molecule has 2 heterocycles. The van der Waals surface area contributed by atoms with Gasteiger partial charge in [0.2, 0.25) is 5.89 Å². The summed E-state index contributed by atoms with van der Waals surface area (Å²) in [5.74, 6) is 0.784. The Balaban J connectivity index is 0.00000150. The molecule has 0 aliphatic carbocycles. The van der Waals surface area contributed by atoms with E-state index in [-0.39, 0.29) is 14.6 Å². The zero-order valence-electron chi connectivity index (χ0n) is 14.4. The fourth-order valence-corrected chi connectivity index (χ4v) is 3.05. The number of nitrogens with two attached hydrogens (primary N) is 1. The van der Waals surface area contributed by atoms with Crippen LogP contribution < -0.4 is 5.73 Å². The molecule has 1 unspecified atom stereocenters. The van der Waals surface area contributed by atoms with Crippen LogP contribution in [0.25, 0.3) is 34.3 Å². The van der Waals surface area contributed by atoms with Crippen LogP contribution in [0.15, 0.2) is 70.1 Å². The van der Waals surface area contributed by atoms with Crippen LogP contribution in [0.4, 0.5) is 5.82 Å². The van der Waals surface area contributed by atoms with Crippen LogP contribution in [-0.2, 0) is 10.8 Å². The Hall–Kier alpha value is -3.39. The number of anilines is 1. The lowest BCUT2D eigenvalue weighted by atomic mass is 10.1. The van der Waals surface area contributed by atoms with Crippen molar-refractivity contribution >= 4 is 16.6 Å². The van der Waals surface area contributed by atoms with E-state index in [4.69, 9.17) is 10.2 Å². The normalized spacial score (nSPS) is 12.0. The number of nitrogen functional groups attached to an aromatic ring is 1. The first-order valence-electron chi connectivity index (χ1n) is 8.07. The SMILES string of the molecule is CS(=O)c1ccc(-c2cnc(N)c(-c3nnc(-c4ccccc4)o3)n2)cc1.[HH].[HH].